The standard InChI is InChI=1S/C29H31F3N6O2.C28H31F3N6O2.C22H21F6N7O/c1-17-15-36(7-5-20(17)26(40)37-8-9-38-25(16-37)34-35-27(38)29(30,31)32)23-4-6-33-22-10-19(2-3-21(22)23)24(39)14-28-11-18(12-28)13-28;1-17-15-35(23-8-10-32-22-14-19(5-6-21(22)23)24(38)7-4-18-2-3-18)11-9-20(17)26(39)36-12-13-37-25(16-36)33-34-27(37)28(29,30)31;1-12-10-33(15-4-6-29-18-14(15)2-3-16(30-18)21(23,24)25)7-5-13(12)19(36)34-8-9-35-17(11-34)31-32-20(35)22(26,27)28/h2-4,6,10,17-18,20H,5,7-9,11-16H2,1H3;5-6,8,10,14,17-18,20H,2-4,7,9,11-13,15-16H2,1H3;2-4,6,12-13H,5,7-11H2,1H3/t17-,18?,20+,28?;17-,20+;12-,13+/m111/s1. The highest BCUT2D eigenvalue weighted by atomic mass is 19.4. The topological polar surface area (TPSA) is 248 Å². The highest BCUT2D eigenvalue weighted by Crippen LogP contribution is 2.66. The molecule has 3 amide bonds. The molecule has 2 bridgehead atoms. The molecule has 4 saturated carbocycles. The maximum atomic E-state index is 13.4. The van der Waals surface area contributed by atoms with E-state index in [1.165, 1.54) is 49.3 Å². The van der Waals surface area contributed by atoms with Crippen molar-refractivity contribution in [3.63, 3.8) is 0 Å². The molecule has 2 aromatic carbocycles. The number of fused-ring (bicyclic) bond motifs is 6. The van der Waals surface area contributed by atoms with E-state index in [2.05, 4.69) is 60.3 Å². The molecule has 13 heterocycles. The van der Waals surface area contributed by atoms with Gasteiger partial charge < -0.3 is 43.1 Å². The van der Waals surface area contributed by atoms with Gasteiger partial charge in [-0.25, -0.2) is 9.97 Å². The molecular formula is C79H83F12N19O5. The zero-order valence-corrected chi connectivity index (χ0v) is 63.2. The van der Waals surface area contributed by atoms with E-state index in [1.807, 2.05) is 74.2 Å². The molecule has 115 heavy (non-hydrogen) atoms. The molecule has 24 nitrogen and oxygen atoms in total. The van der Waals surface area contributed by atoms with Gasteiger partial charge >= 0.3 is 24.7 Å². The Morgan fingerprint density at radius 3 is 1.17 bits per heavy atom. The zero-order chi connectivity index (χ0) is 80.9. The van der Waals surface area contributed by atoms with Crippen LogP contribution in [0, 0.1) is 52.8 Å². The van der Waals surface area contributed by atoms with Crippen molar-refractivity contribution < 1.29 is 76.7 Å². The van der Waals surface area contributed by atoms with Crippen LogP contribution in [0.3, 0.4) is 0 Å². The van der Waals surface area contributed by atoms with Crippen molar-refractivity contribution in [1.82, 2.24) is 78.9 Å². The van der Waals surface area contributed by atoms with Crippen molar-refractivity contribution in [2.45, 2.75) is 155 Å². The van der Waals surface area contributed by atoms with Gasteiger partial charge in [0.15, 0.2) is 34.7 Å². The van der Waals surface area contributed by atoms with E-state index in [4.69, 9.17) is 0 Å². The lowest BCUT2D eigenvalue weighted by Crippen LogP contribution is -2.52. The third-order valence-corrected chi connectivity index (χ3v) is 24.8. The summed E-state index contributed by atoms with van der Waals surface area (Å²) in [5.41, 5.74) is 4.98. The van der Waals surface area contributed by atoms with Crippen LogP contribution in [-0.2, 0) is 78.4 Å². The third kappa shape index (κ3) is 15.9. The first-order chi connectivity index (χ1) is 54.7. The zero-order valence-electron chi connectivity index (χ0n) is 63.2. The molecule has 0 spiro atoms. The minimum Gasteiger partial charge on any atom is -0.371 e. The summed E-state index contributed by atoms with van der Waals surface area (Å²) in [7, 11) is 0. The summed E-state index contributed by atoms with van der Waals surface area (Å²) >= 11 is 0. The first kappa shape index (κ1) is 78.4. The average molecular weight is 1610 g/mol. The Labute approximate surface area is 651 Å². The van der Waals surface area contributed by atoms with Crippen LogP contribution in [0.2, 0.25) is 0 Å². The molecule has 6 atom stereocenters. The van der Waals surface area contributed by atoms with Gasteiger partial charge in [0.1, 0.15) is 5.69 Å². The molecule has 3 saturated heterocycles. The number of carbonyl (C=O) groups is 5. The van der Waals surface area contributed by atoms with Gasteiger partial charge in [0.25, 0.3) is 0 Å². The summed E-state index contributed by atoms with van der Waals surface area (Å²) in [5.74, 6) is -1.76. The summed E-state index contributed by atoms with van der Waals surface area (Å²) in [6, 6.07) is 19.5. The fourth-order valence-electron chi connectivity index (χ4n) is 18.4. The molecule has 4 aliphatic carbocycles. The smallest absolute Gasteiger partial charge is 0.371 e. The minimum absolute atomic E-state index is 0.0103. The van der Waals surface area contributed by atoms with E-state index in [-0.39, 0.29) is 152 Å². The van der Waals surface area contributed by atoms with Crippen molar-refractivity contribution in [1.29, 1.82) is 0 Å². The van der Waals surface area contributed by atoms with Crippen LogP contribution in [0.1, 0.15) is 153 Å². The van der Waals surface area contributed by atoms with Crippen LogP contribution in [0.4, 0.5) is 69.7 Å². The number of Topliss-reactive ketones (excluding diaryl/α,β-unsaturated/α-hetero) is 2. The number of anilines is 3. The van der Waals surface area contributed by atoms with Gasteiger partial charge in [-0.3, -0.25) is 33.9 Å². The van der Waals surface area contributed by atoms with Crippen molar-refractivity contribution >= 4 is 79.2 Å². The second kappa shape index (κ2) is 30.3. The summed E-state index contributed by atoms with van der Waals surface area (Å²) in [4.78, 5) is 93.8. The molecule has 9 aromatic rings. The third-order valence-electron chi connectivity index (χ3n) is 24.8. The Hall–Kier alpha value is -10.5. The number of aromatic nitrogens is 13. The number of rotatable bonds is 13. The molecule has 0 N–H and O–H groups in total. The maximum absolute atomic E-state index is 13.4. The molecule has 10 aliphatic rings. The minimum atomic E-state index is -4.61. The van der Waals surface area contributed by atoms with E-state index in [1.54, 1.807) is 28.3 Å². The Morgan fingerprint density at radius 1 is 0.426 bits per heavy atom. The van der Waals surface area contributed by atoms with Crippen LogP contribution in [0.15, 0.2) is 85.3 Å². The second-order valence-electron chi connectivity index (χ2n) is 32.5. The second-order valence-corrected chi connectivity index (χ2v) is 32.5. The number of amides is 3. The molecule has 6 aliphatic heterocycles. The summed E-state index contributed by atoms with van der Waals surface area (Å²) in [5, 5.41) is 23.4. The molecule has 36 heteroatoms. The quantitative estimate of drug-likeness (QED) is 0.0768. The molecule has 7 fully saturated rings. The number of alkyl halides is 12. The Balaban J connectivity index is 0.000000130. The van der Waals surface area contributed by atoms with Crippen molar-refractivity contribution in [3.8, 4) is 0 Å². The van der Waals surface area contributed by atoms with Crippen LogP contribution < -0.4 is 14.7 Å². The average Bonchev–Trinajstić information content (AvgIpc) is 1.17. The van der Waals surface area contributed by atoms with Crippen LogP contribution in [-0.4, -0.2) is 167 Å². The highest BCUT2D eigenvalue weighted by molar-refractivity contribution is 6.03. The van der Waals surface area contributed by atoms with Crippen LogP contribution in [0.5, 0.6) is 0 Å². The number of piperidine rings is 3. The van der Waals surface area contributed by atoms with Gasteiger partial charge in [-0.15, -0.1) is 30.6 Å². The number of hydrogen-bond acceptors (Lipinski definition) is 18. The Bertz CT molecular complexity index is 5230. The van der Waals surface area contributed by atoms with E-state index in [9.17, 15) is 76.7 Å². The van der Waals surface area contributed by atoms with Gasteiger partial charge in [-0.05, 0) is 135 Å². The number of hydrogen-bond donors (Lipinski definition) is 0. The molecule has 608 valence electrons. The maximum Gasteiger partial charge on any atom is 0.451 e. The predicted octanol–water partition coefficient (Wildman–Crippen LogP) is 13.2. The van der Waals surface area contributed by atoms with Gasteiger partial charge in [-0.1, -0.05) is 45.7 Å². The first-order valence-corrected chi connectivity index (χ1v) is 39.0. The van der Waals surface area contributed by atoms with Crippen molar-refractivity contribution in [2.24, 2.45) is 52.8 Å². The van der Waals surface area contributed by atoms with E-state index >= 15 is 0 Å². The van der Waals surface area contributed by atoms with Gasteiger partial charge in [0.2, 0.25) is 35.2 Å². The SMILES string of the molecule is C[C@@H]1CN(c2ccnc3cc(C(=O)CC45CC(C4)C5)ccc23)CC[C@@H]1C(=O)N1CCn2c(nnc2C(F)(F)F)C1.C[C@@H]1CN(c2ccnc3cc(C(=O)CCC4CC4)ccc23)CC[C@@H]1C(=O)N1CCn2c(nnc2C(F)(F)F)C1.C[C@@H]1CN(c2ccnc3nc(C(F)(F)F)ccc23)CC[C@@H]1C(=O)N1CCn2c(nnc2C(F)(F)F)C1. The predicted molar refractivity (Wildman–Crippen MR) is 393 cm³/mol. The van der Waals surface area contributed by atoms with Gasteiger partial charge in [0, 0.05) is 172 Å². The lowest BCUT2D eigenvalue weighted by Gasteiger charge is -2.62. The first-order valence-electron chi connectivity index (χ1n) is 39.0. The molecule has 0 radical (unpaired) electrons. The molecule has 7 aromatic heterocycles. The van der Waals surface area contributed by atoms with Crippen LogP contribution >= 0.6 is 0 Å². The summed E-state index contributed by atoms with van der Waals surface area (Å²) in [6.07, 6.45) is -3.38. The monoisotopic (exact) mass is 1610 g/mol. The van der Waals surface area contributed by atoms with Gasteiger partial charge in [-0.2, -0.15) is 52.7 Å². The number of carbonyl (C=O) groups excluding carboxylic acids is 5. The molecule has 0 unspecified atom stereocenters. The van der Waals surface area contributed by atoms with E-state index in [0.29, 0.717) is 93.9 Å². The lowest BCUT2D eigenvalue weighted by atomic mass is 9.43. The number of nitrogens with zero attached hydrogens (tertiary/aromatic N) is 19. The Kier molecular flexibility index (Phi) is 20.7. The number of ketones is 2. The fraction of sp³-hybridized carbons (Fsp3) is 0.532. The Morgan fingerprint density at radius 2 is 0.809 bits per heavy atom. The van der Waals surface area contributed by atoms with Crippen LogP contribution in [0.25, 0.3) is 32.8 Å². The van der Waals surface area contributed by atoms with Gasteiger partial charge in [0.05, 0.1) is 30.7 Å². The fourth-order valence-corrected chi connectivity index (χ4v) is 18.4. The van der Waals surface area contributed by atoms with Crippen molar-refractivity contribution in [2.75, 3.05) is 73.6 Å². The normalized spacial score (nSPS) is 23.6. The lowest BCUT2D eigenvalue weighted by molar-refractivity contribution is -0.149. The van der Waals surface area contributed by atoms with Crippen molar-refractivity contribution in [3.05, 3.63) is 137 Å². The summed E-state index contributed by atoms with van der Waals surface area (Å²) < 4.78 is 161. The number of halogens is 12. The largest absolute Gasteiger partial charge is 0.451 e. The van der Waals surface area contributed by atoms with E-state index in [0.717, 1.165) is 70.9 Å². The molecule has 19 rings (SSSR count). The number of benzene rings is 2. The number of pyridine rings is 4. The highest BCUT2D eigenvalue weighted by Gasteiger charge is 2.57. The van der Waals surface area contributed by atoms with E-state index < -0.39 is 47.9 Å². The molecular weight excluding hydrogens is 1520 g/mol. The summed E-state index contributed by atoms with van der Waals surface area (Å²) in [6.45, 7) is 10.2.